The van der Waals surface area contributed by atoms with Gasteiger partial charge in [-0.15, -0.1) is 0 Å². The summed E-state index contributed by atoms with van der Waals surface area (Å²) in [5, 5.41) is 10.4. The molecule has 1 aromatic rings. The summed E-state index contributed by atoms with van der Waals surface area (Å²) in [7, 11) is 0. The summed E-state index contributed by atoms with van der Waals surface area (Å²) in [6, 6.07) is 7.05. The van der Waals surface area contributed by atoms with Crippen LogP contribution in [0, 0.1) is 16.7 Å². The number of ether oxygens (including phenoxy) is 1. The minimum atomic E-state index is -0.736. The van der Waals surface area contributed by atoms with Gasteiger partial charge in [-0.05, 0) is 17.5 Å². The molecule has 6 heteroatoms. The topological polar surface area (TPSA) is 76.1 Å². The number of Topliss-reactive ketones (excluding diaryl/α,β-unsaturated/α-hetero) is 1. The van der Waals surface area contributed by atoms with Crippen LogP contribution in [-0.4, -0.2) is 5.78 Å². The lowest BCUT2D eigenvalue weighted by atomic mass is 9.74. The van der Waals surface area contributed by atoms with Crippen molar-refractivity contribution in [3.63, 3.8) is 0 Å². The Morgan fingerprint density at radius 1 is 1.33 bits per heavy atom. The number of rotatable bonds is 1. The van der Waals surface area contributed by atoms with Crippen LogP contribution in [0.25, 0.3) is 0 Å². The molecule has 0 saturated heterocycles. The Labute approximate surface area is 150 Å². The maximum atomic E-state index is 12.5. The van der Waals surface area contributed by atoms with Gasteiger partial charge in [0.25, 0.3) is 0 Å². The molecule has 0 fully saturated rings. The van der Waals surface area contributed by atoms with E-state index < -0.39 is 6.10 Å². The van der Waals surface area contributed by atoms with E-state index in [0.29, 0.717) is 39.8 Å². The number of nitrogens with two attached hydrogens (primary N) is 1. The third-order valence-corrected chi connectivity index (χ3v) is 4.85. The molecule has 0 spiro atoms. The van der Waals surface area contributed by atoms with E-state index >= 15 is 0 Å². The number of nitrogens with zero attached hydrogens (tertiary/aromatic N) is 1. The third kappa shape index (κ3) is 2.79. The summed E-state index contributed by atoms with van der Waals surface area (Å²) >= 11 is 12.2. The highest BCUT2D eigenvalue weighted by atomic mass is 35.5. The lowest BCUT2D eigenvalue weighted by molar-refractivity contribution is -0.118. The lowest BCUT2D eigenvalue weighted by Crippen LogP contribution is -2.33. The first kappa shape index (κ1) is 16.9. The fraction of sp³-hybridized carbons (Fsp3) is 0.333. The molecular formula is C18H16Cl2N2O2. The van der Waals surface area contributed by atoms with Gasteiger partial charge in [0.1, 0.15) is 11.8 Å². The van der Waals surface area contributed by atoms with Crippen molar-refractivity contribution in [3.05, 3.63) is 56.4 Å². The smallest absolute Gasteiger partial charge is 0.168 e. The highest BCUT2D eigenvalue weighted by molar-refractivity contribution is 6.35. The fourth-order valence-corrected chi connectivity index (χ4v) is 3.70. The molecule has 2 aliphatic rings. The maximum absolute atomic E-state index is 12.5. The summed E-state index contributed by atoms with van der Waals surface area (Å²) < 4.78 is 6.05. The molecule has 24 heavy (non-hydrogen) atoms. The van der Waals surface area contributed by atoms with E-state index in [9.17, 15) is 10.1 Å². The molecule has 3 rings (SSSR count). The number of halogens is 2. The van der Waals surface area contributed by atoms with Gasteiger partial charge in [-0.1, -0.05) is 43.1 Å². The van der Waals surface area contributed by atoms with Gasteiger partial charge < -0.3 is 10.5 Å². The van der Waals surface area contributed by atoms with Gasteiger partial charge in [0.15, 0.2) is 11.9 Å². The summed E-state index contributed by atoms with van der Waals surface area (Å²) in [5.74, 6) is 0.441. The summed E-state index contributed by atoms with van der Waals surface area (Å²) in [5.41, 5.74) is 7.28. The van der Waals surface area contributed by atoms with Crippen LogP contribution < -0.4 is 5.73 Å². The van der Waals surface area contributed by atoms with Gasteiger partial charge in [0.2, 0.25) is 0 Å². The molecule has 1 aromatic carbocycles. The number of carbonyl (C=O) groups excluding carboxylic acids is 1. The highest BCUT2D eigenvalue weighted by Gasteiger charge is 2.41. The normalized spacial score (nSPS) is 22.8. The Hall–Kier alpha value is -1.96. The van der Waals surface area contributed by atoms with E-state index in [4.69, 9.17) is 33.7 Å². The van der Waals surface area contributed by atoms with E-state index in [1.165, 1.54) is 0 Å². The Morgan fingerprint density at radius 2 is 2.04 bits per heavy atom. The summed E-state index contributed by atoms with van der Waals surface area (Å²) in [6.45, 7) is 4.00. The molecule has 1 aliphatic carbocycles. The molecule has 1 aliphatic heterocycles. The summed E-state index contributed by atoms with van der Waals surface area (Å²) in [4.78, 5) is 12.5. The fourth-order valence-electron chi connectivity index (χ4n) is 3.19. The van der Waals surface area contributed by atoms with Crippen LogP contribution in [0.3, 0.4) is 0 Å². The van der Waals surface area contributed by atoms with Crippen molar-refractivity contribution in [2.75, 3.05) is 0 Å². The largest absolute Gasteiger partial charge is 0.484 e. The molecule has 1 heterocycles. The zero-order valence-corrected chi connectivity index (χ0v) is 14.8. The van der Waals surface area contributed by atoms with Crippen molar-refractivity contribution >= 4 is 29.0 Å². The van der Waals surface area contributed by atoms with Gasteiger partial charge in [-0.25, -0.2) is 0 Å². The van der Waals surface area contributed by atoms with E-state index in [-0.39, 0.29) is 22.5 Å². The lowest BCUT2D eigenvalue weighted by Gasteiger charge is -2.37. The molecule has 0 bridgehead atoms. The van der Waals surface area contributed by atoms with E-state index in [0.717, 1.165) is 0 Å². The predicted molar refractivity (Wildman–Crippen MR) is 92.2 cm³/mol. The van der Waals surface area contributed by atoms with Crippen molar-refractivity contribution in [1.82, 2.24) is 0 Å². The van der Waals surface area contributed by atoms with Crippen LogP contribution >= 0.6 is 23.2 Å². The number of hydrogen-bond acceptors (Lipinski definition) is 4. The maximum Gasteiger partial charge on any atom is 0.168 e. The SMILES string of the molecule is CC1(C)CC(=O)C2=C(C1)OC(c1ccc(Cl)cc1Cl)C(C#N)=C2N. The molecule has 4 nitrogen and oxygen atoms in total. The second kappa shape index (κ2) is 5.84. The Kier molecular flexibility index (Phi) is 4.11. The number of hydrogen-bond donors (Lipinski definition) is 1. The Bertz CT molecular complexity index is 847. The predicted octanol–water partition coefficient (Wildman–Crippen LogP) is 4.44. The van der Waals surface area contributed by atoms with Gasteiger partial charge in [-0.3, -0.25) is 4.79 Å². The molecule has 124 valence electrons. The van der Waals surface area contributed by atoms with Crippen LogP contribution in [0.2, 0.25) is 10.0 Å². The second-order valence-electron chi connectivity index (χ2n) is 6.84. The Balaban J connectivity index is 2.13. The van der Waals surface area contributed by atoms with Gasteiger partial charge in [0, 0.05) is 28.5 Å². The van der Waals surface area contributed by atoms with Gasteiger partial charge in [-0.2, -0.15) is 5.26 Å². The average Bonchev–Trinajstić information content (AvgIpc) is 2.45. The molecule has 0 amide bonds. The molecular weight excluding hydrogens is 347 g/mol. The Morgan fingerprint density at radius 3 is 2.67 bits per heavy atom. The molecule has 0 aromatic heterocycles. The van der Waals surface area contributed by atoms with Crippen LogP contribution in [0.5, 0.6) is 0 Å². The minimum absolute atomic E-state index is 0.0906. The molecule has 2 N–H and O–H groups in total. The van der Waals surface area contributed by atoms with Crippen LogP contribution in [0.15, 0.2) is 40.8 Å². The van der Waals surface area contributed by atoms with E-state index in [1.807, 2.05) is 13.8 Å². The van der Waals surface area contributed by atoms with Crippen molar-refractivity contribution in [2.24, 2.45) is 11.1 Å². The van der Waals surface area contributed by atoms with Crippen molar-refractivity contribution in [2.45, 2.75) is 32.8 Å². The third-order valence-electron chi connectivity index (χ3n) is 4.28. The van der Waals surface area contributed by atoms with Gasteiger partial charge in [0.05, 0.1) is 16.8 Å². The highest BCUT2D eigenvalue weighted by Crippen LogP contribution is 2.47. The number of allylic oxidation sites excluding steroid dienone is 2. The van der Waals surface area contributed by atoms with Crippen molar-refractivity contribution in [1.29, 1.82) is 5.26 Å². The van der Waals surface area contributed by atoms with Crippen LogP contribution in [0.1, 0.15) is 38.4 Å². The number of ketones is 1. The number of benzene rings is 1. The first-order chi connectivity index (χ1) is 11.2. The van der Waals surface area contributed by atoms with Gasteiger partial charge >= 0.3 is 0 Å². The van der Waals surface area contributed by atoms with Crippen LogP contribution in [-0.2, 0) is 9.53 Å². The first-order valence-electron chi connectivity index (χ1n) is 7.51. The van der Waals surface area contributed by atoms with E-state index in [1.54, 1.807) is 18.2 Å². The average molecular weight is 363 g/mol. The second-order valence-corrected chi connectivity index (χ2v) is 7.69. The monoisotopic (exact) mass is 362 g/mol. The van der Waals surface area contributed by atoms with Crippen LogP contribution in [0.4, 0.5) is 0 Å². The minimum Gasteiger partial charge on any atom is -0.484 e. The zero-order valence-electron chi connectivity index (χ0n) is 13.3. The quantitative estimate of drug-likeness (QED) is 0.800. The van der Waals surface area contributed by atoms with Crippen molar-refractivity contribution < 1.29 is 9.53 Å². The van der Waals surface area contributed by atoms with Crippen molar-refractivity contribution in [3.8, 4) is 6.07 Å². The van der Waals surface area contributed by atoms with E-state index in [2.05, 4.69) is 6.07 Å². The molecule has 0 radical (unpaired) electrons. The standard InChI is InChI=1S/C18H16Cl2N2O2/c1-18(2)6-13(23)15-14(7-18)24-17(11(8-21)16(15)22)10-4-3-9(19)5-12(10)20/h3-5,17H,6-7,22H2,1-2H3. The first-order valence-corrected chi connectivity index (χ1v) is 8.27. The molecule has 1 unspecified atom stereocenters. The zero-order chi connectivity index (χ0) is 17.6. The molecule has 1 atom stereocenters. The number of carbonyl (C=O) groups is 1. The molecule has 0 saturated carbocycles. The summed E-state index contributed by atoms with van der Waals surface area (Å²) in [6.07, 6.45) is 0.219. The number of nitriles is 1.